The largest absolute Gasteiger partial charge is 0.370 e. The summed E-state index contributed by atoms with van der Waals surface area (Å²) in [6, 6.07) is 1.89. The number of benzene rings is 1. The molecule has 0 amide bonds. The second-order valence-corrected chi connectivity index (χ2v) is 3.56. The van der Waals surface area contributed by atoms with Gasteiger partial charge in [0.15, 0.2) is 23.4 Å². The van der Waals surface area contributed by atoms with Gasteiger partial charge in [-0.2, -0.15) is 0 Å². The van der Waals surface area contributed by atoms with E-state index in [-0.39, 0.29) is 18.9 Å². The molecule has 0 bridgehead atoms. The molecule has 3 N–H and O–H groups in total. The Morgan fingerprint density at radius 1 is 1.33 bits per heavy atom. The highest BCUT2D eigenvalue weighted by atomic mass is 19.2. The van der Waals surface area contributed by atoms with E-state index in [0.29, 0.717) is 12.1 Å². The van der Waals surface area contributed by atoms with Crippen LogP contribution >= 0.6 is 0 Å². The molecule has 0 aliphatic heterocycles. The van der Waals surface area contributed by atoms with Gasteiger partial charge in [0.05, 0.1) is 0 Å². The van der Waals surface area contributed by atoms with E-state index in [1.807, 2.05) is 0 Å². The number of hydrogen-bond donors (Lipinski definition) is 2. The molecule has 0 saturated heterocycles. The molecule has 18 heavy (non-hydrogen) atoms. The highest BCUT2D eigenvalue weighted by Gasteiger charge is 2.09. The van der Waals surface area contributed by atoms with Gasteiger partial charge in [-0.1, -0.05) is 6.08 Å². The molecule has 3 nitrogen and oxygen atoms in total. The second-order valence-electron chi connectivity index (χ2n) is 3.56. The molecule has 0 atom stereocenters. The van der Waals surface area contributed by atoms with Crippen molar-refractivity contribution < 1.29 is 13.2 Å². The lowest BCUT2D eigenvalue weighted by Crippen LogP contribution is -2.31. The van der Waals surface area contributed by atoms with E-state index in [2.05, 4.69) is 16.9 Å². The van der Waals surface area contributed by atoms with Crippen LogP contribution in [0.1, 0.15) is 5.56 Å². The average molecular weight is 257 g/mol. The molecule has 0 unspecified atom stereocenters. The van der Waals surface area contributed by atoms with Crippen LogP contribution in [0.3, 0.4) is 0 Å². The first kappa shape index (κ1) is 14.1. The number of nitrogens with zero attached hydrogens (tertiary/aromatic N) is 1. The van der Waals surface area contributed by atoms with Crippen molar-refractivity contribution in [3.8, 4) is 0 Å². The van der Waals surface area contributed by atoms with Crippen LogP contribution < -0.4 is 11.1 Å². The summed E-state index contributed by atoms with van der Waals surface area (Å²) in [5.74, 6) is -3.65. The zero-order valence-electron chi connectivity index (χ0n) is 9.72. The maximum Gasteiger partial charge on any atom is 0.194 e. The molecule has 0 saturated carbocycles. The molecule has 98 valence electrons. The molecule has 0 radical (unpaired) electrons. The van der Waals surface area contributed by atoms with Crippen LogP contribution in [-0.4, -0.2) is 19.0 Å². The van der Waals surface area contributed by atoms with Crippen LogP contribution in [0, 0.1) is 17.5 Å². The molecule has 0 aliphatic carbocycles. The van der Waals surface area contributed by atoms with E-state index < -0.39 is 17.5 Å². The van der Waals surface area contributed by atoms with Crippen LogP contribution in [0.25, 0.3) is 0 Å². The molecule has 1 rings (SSSR count). The molecule has 0 spiro atoms. The highest BCUT2D eigenvalue weighted by Crippen LogP contribution is 2.13. The van der Waals surface area contributed by atoms with Gasteiger partial charge in [0.2, 0.25) is 0 Å². The number of hydrogen-bond acceptors (Lipinski definition) is 1. The lowest BCUT2D eigenvalue weighted by atomic mass is 10.1. The van der Waals surface area contributed by atoms with Crippen molar-refractivity contribution in [1.82, 2.24) is 5.32 Å². The fourth-order valence-corrected chi connectivity index (χ4v) is 1.29. The smallest absolute Gasteiger partial charge is 0.194 e. The van der Waals surface area contributed by atoms with Gasteiger partial charge in [0.25, 0.3) is 0 Å². The topological polar surface area (TPSA) is 50.4 Å². The minimum Gasteiger partial charge on any atom is -0.370 e. The fraction of sp³-hybridized carbons (Fsp3) is 0.250. The number of rotatable bonds is 5. The van der Waals surface area contributed by atoms with E-state index in [1.54, 1.807) is 6.08 Å². The molecule has 0 heterocycles. The fourth-order valence-electron chi connectivity index (χ4n) is 1.29. The van der Waals surface area contributed by atoms with Gasteiger partial charge in [-0.3, -0.25) is 4.99 Å². The van der Waals surface area contributed by atoms with Crippen LogP contribution in [0.15, 0.2) is 29.8 Å². The van der Waals surface area contributed by atoms with E-state index in [0.717, 1.165) is 12.1 Å². The summed E-state index contributed by atoms with van der Waals surface area (Å²) < 4.78 is 38.5. The van der Waals surface area contributed by atoms with E-state index >= 15 is 0 Å². The lowest BCUT2D eigenvalue weighted by molar-refractivity contribution is 0.445. The summed E-state index contributed by atoms with van der Waals surface area (Å²) in [5, 5.41) is 2.75. The monoisotopic (exact) mass is 257 g/mol. The zero-order chi connectivity index (χ0) is 13.5. The van der Waals surface area contributed by atoms with Crippen molar-refractivity contribution in [2.75, 3.05) is 13.1 Å². The summed E-state index contributed by atoms with van der Waals surface area (Å²) in [4.78, 5) is 3.94. The third-order valence-electron chi connectivity index (χ3n) is 2.15. The third kappa shape index (κ3) is 4.12. The van der Waals surface area contributed by atoms with Gasteiger partial charge in [-0.25, -0.2) is 13.2 Å². The lowest BCUT2D eigenvalue weighted by Gasteiger charge is -2.03. The molecule has 0 aliphatic rings. The second kappa shape index (κ2) is 6.68. The van der Waals surface area contributed by atoms with Crippen molar-refractivity contribution in [3.63, 3.8) is 0 Å². The van der Waals surface area contributed by atoms with E-state index in [4.69, 9.17) is 5.73 Å². The first-order valence-electron chi connectivity index (χ1n) is 5.32. The molecule has 0 fully saturated rings. The van der Waals surface area contributed by atoms with Gasteiger partial charge >= 0.3 is 0 Å². The summed E-state index contributed by atoms with van der Waals surface area (Å²) in [6.45, 7) is 4.23. The minimum absolute atomic E-state index is 0.220. The molecule has 1 aromatic carbocycles. The number of aliphatic imine (C=N–C) groups is 1. The minimum atomic E-state index is -1.46. The Balaban J connectivity index is 2.56. The number of guanidine groups is 1. The first-order chi connectivity index (χ1) is 8.54. The Kier molecular flexibility index (Phi) is 5.23. The average Bonchev–Trinajstić information content (AvgIpc) is 2.33. The normalized spacial score (nSPS) is 11.4. The van der Waals surface area contributed by atoms with Crippen molar-refractivity contribution >= 4 is 5.96 Å². The van der Waals surface area contributed by atoms with Crippen LogP contribution in [0.5, 0.6) is 0 Å². The van der Waals surface area contributed by atoms with E-state index in [1.165, 1.54) is 0 Å². The Bertz CT molecular complexity index is 435. The molecule has 1 aromatic rings. The molecular weight excluding hydrogens is 243 g/mol. The van der Waals surface area contributed by atoms with Gasteiger partial charge in [0, 0.05) is 13.1 Å². The SMILES string of the molecule is C=CCNC(N)=NCCc1cc(F)c(F)c(F)c1. The van der Waals surface area contributed by atoms with Crippen molar-refractivity contribution in [2.24, 2.45) is 10.7 Å². The summed E-state index contributed by atoms with van der Waals surface area (Å²) in [6.07, 6.45) is 1.89. The predicted molar refractivity (Wildman–Crippen MR) is 64.7 cm³/mol. The van der Waals surface area contributed by atoms with Crippen molar-refractivity contribution in [2.45, 2.75) is 6.42 Å². The Labute approximate surface area is 103 Å². The number of nitrogens with one attached hydrogen (secondary N) is 1. The van der Waals surface area contributed by atoms with Crippen LogP contribution in [0.2, 0.25) is 0 Å². The Morgan fingerprint density at radius 2 is 1.94 bits per heavy atom. The van der Waals surface area contributed by atoms with Crippen LogP contribution in [0.4, 0.5) is 13.2 Å². The number of halogens is 3. The van der Waals surface area contributed by atoms with E-state index in [9.17, 15) is 13.2 Å². The first-order valence-corrected chi connectivity index (χ1v) is 5.32. The molecule has 0 aromatic heterocycles. The summed E-state index contributed by atoms with van der Waals surface area (Å²) in [7, 11) is 0. The highest BCUT2D eigenvalue weighted by molar-refractivity contribution is 5.77. The van der Waals surface area contributed by atoms with Crippen molar-refractivity contribution in [1.29, 1.82) is 0 Å². The quantitative estimate of drug-likeness (QED) is 0.365. The van der Waals surface area contributed by atoms with Gasteiger partial charge in [-0.05, 0) is 24.1 Å². The van der Waals surface area contributed by atoms with Crippen LogP contribution in [-0.2, 0) is 6.42 Å². The maximum atomic E-state index is 12.9. The Morgan fingerprint density at radius 3 is 2.50 bits per heavy atom. The molecule has 6 heteroatoms. The molecular formula is C12H14F3N3. The maximum absolute atomic E-state index is 12.9. The van der Waals surface area contributed by atoms with Gasteiger partial charge in [0.1, 0.15) is 0 Å². The summed E-state index contributed by atoms with van der Waals surface area (Å²) in [5.41, 5.74) is 5.82. The summed E-state index contributed by atoms with van der Waals surface area (Å²) >= 11 is 0. The zero-order valence-corrected chi connectivity index (χ0v) is 9.72. The predicted octanol–water partition coefficient (Wildman–Crippen LogP) is 1.74. The van der Waals surface area contributed by atoms with Gasteiger partial charge < -0.3 is 11.1 Å². The van der Waals surface area contributed by atoms with Gasteiger partial charge in [-0.15, -0.1) is 6.58 Å². The Hall–Kier alpha value is -1.98. The van der Waals surface area contributed by atoms with Crippen molar-refractivity contribution in [3.05, 3.63) is 47.8 Å². The third-order valence-corrected chi connectivity index (χ3v) is 2.15. The number of nitrogens with two attached hydrogens (primary N) is 1. The standard InChI is InChI=1S/C12H14F3N3/c1-2-4-17-12(16)18-5-3-8-6-9(13)11(15)10(14)7-8/h2,6-7H,1,3-5H2,(H3,16,17,18).